The second-order valence-corrected chi connectivity index (χ2v) is 5.55. The van der Waals surface area contributed by atoms with Gasteiger partial charge in [0.15, 0.2) is 0 Å². The molecular weight excluding hydrogens is 158 g/mol. The number of piperidine rings is 1. The zero-order valence-corrected chi connectivity index (χ0v) is 9.34. The molecule has 0 aromatic carbocycles. The maximum absolute atomic E-state index is 2.62. The summed E-state index contributed by atoms with van der Waals surface area (Å²) in [6, 6.07) is 0.870. The summed E-state index contributed by atoms with van der Waals surface area (Å²) < 4.78 is 0. The van der Waals surface area contributed by atoms with Crippen molar-refractivity contribution in [3.8, 4) is 0 Å². The number of nitrogens with zero attached hydrogens (tertiary/aromatic N) is 1. The molecule has 0 bridgehead atoms. The van der Waals surface area contributed by atoms with Crippen molar-refractivity contribution in [3.05, 3.63) is 0 Å². The highest BCUT2D eigenvalue weighted by Gasteiger charge is 2.44. The van der Waals surface area contributed by atoms with Crippen molar-refractivity contribution >= 4 is 0 Å². The van der Waals surface area contributed by atoms with E-state index in [4.69, 9.17) is 0 Å². The van der Waals surface area contributed by atoms with E-state index in [1.165, 1.54) is 38.6 Å². The predicted octanol–water partition coefficient (Wildman–Crippen LogP) is 2.91. The number of hydrogen-bond donors (Lipinski definition) is 0. The first kappa shape index (κ1) is 9.51. The fraction of sp³-hybridized carbons (Fsp3) is 1.00. The van der Waals surface area contributed by atoms with Gasteiger partial charge in [0.05, 0.1) is 0 Å². The quantitative estimate of drug-likeness (QED) is 0.555. The molecule has 76 valence electrons. The summed E-state index contributed by atoms with van der Waals surface area (Å²) in [6.07, 6.45) is 7.25. The van der Waals surface area contributed by atoms with Gasteiger partial charge in [-0.2, -0.15) is 0 Å². The molecule has 1 nitrogen and oxygen atoms in total. The maximum Gasteiger partial charge on any atom is 0.0172 e. The van der Waals surface area contributed by atoms with E-state index in [1.54, 1.807) is 0 Å². The molecule has 1 aliphatic heterocycles. The van der Waals surface area contributed by atoms with Crippen molar-refractivity contribution in [3.63, 3.8) is 0 Å². The van der Waals surface area contributed by atoms with Crippen LogP contribution in [0.15, 0.2) is 0 Å². The lowest BCUT2D eigenvalue weighted by molar-refractivity contribution is -0.0229. The third-order valence-corrected chi connectivity index (χ3v) is 4.39. The summed E-state index contributed by atoms with van der Waals surface area (Å²) in [4.78, 5) is 2.62. The number of hydrogen-bond acceptors (Lipinski definition) is 1. The van der Waals surface area contributed by atoms with Gasteiger partial charge in [-0.3, -0.25) is 0 Å². The summed E-state index contributed by atoms with van der Waals surface area (Å²) in [5, 5.41) is 0. The summed E-state index contributed by atoms with van der Waals surface area (Å²) in [6.45, 7) is 6.29. The van der Waals surface area contributed by atoms with Gasteiger partial charge in [0.1, 0.15) is 0 Å². The Bertz CT molecular complexity index is 172. The Kier molecular flexibility index (Phi) is 2.39. The van der Waals surface area contributed by atoms with Gasteiger partial charge in [0.25, 0.3) is 0 Å². The molecule has 1 aliphatic carbocycles. The minimum Gasteiger partial charge on any atom is -0.303 e. The number of fused-ring (bicyclic) bond motifs is 1. The minimum absolute atomic E-state index is 0.644. The van der Waals surface area contributed by atoms with Crippen LogP contribution in [0.2, 0.25) is 0 Å². The van der Waals surface area contributed by atoms with Gasteiger partial charge in [0.2, 0.25) is 0 Å². The van der Waals surface area contributed by atoms with Crippen LogP contribution < -0.4 is 0 Å². The molecule has 0 amide bonds. The zero-order valence-electron chi connectivity index (χ0n) is 9.34. The predicted molar refractivity (Wildman–Crippen MR) is 56.8 cm³/mol. The van der Waals surface area contributed by atoms with Gasteiger partial charge in [-0.1, -0.05) is 20.3 Å². The molecule has 1 heteroatoms. The Balaban J connectivity index is 2.19. The summed E-state index contributed by atoms with van der Waals surface area (Å²) in [5.74, 6) is 0.920. The van der Waals surface area contributed by atoms with Gasteiger partial charge in [-0.05, 0) is 50.6 Å². The lowest BCUT2D eigenvalue weighted by atomic mass is 9.63. The second-order valence-electron chi connectivity index (χ2n) is 5.55. The molecule has 13 heavy (non-hydrogen) atoms. The monoisotopic (exact) mass is 181 g/mol. The van der Waals surface area contributed by atoms with Crippen molar-refractivity contribution < 1.29 is 0 Å². The van der Waals surface area contributed by atoms with E-state index in [2.05, 4.69) is 25.8 Å². The molecule has 0 radical (unpaired) electrons. The second kappa shape index (κ2) is 3.27. The highest BCUT2D eigenvalue weighted by atomic mass is 15.2. The molecule has 2 aliphatic rings. The van der Waals surface area contributed by atoms with E-state index in [0.29, 0.717) is 5.41 Å². The molecule has 0 spiro atoms. The van der Waals surface area contributed by atoms with Crippen LogP contribution in [0, 0.1) is 11.3 Å². The van der Waals surface area contributed by atoms with Crippen molar-refractivity contribution in [2.75, 3.05) is 13.6 Å². The Morgan fingerprint density at radius 2 is 1.92 bits per heavy atom. The lowest BCUT2D eigenvalue weighted by Crippen LogP contribution is -2.54. The largest absolute Gasteiger partial charge is 0.303 e. The first-order valence-electron chi connectivity index (χ1n) is 5.84. The van der Waals surface area contributed by atoms with Crippen LogP contribution in [0.1, 0.15) is 46.0 Å². The molecule has 0 aromatic rings. The van der Waals surface area contributed by atoms with Crippen molar-refractivity contribution in [1.29, 1.82) is 0 Å². The summed E-state index contributed by atoms with van der Waals surface area (Å²) in [7, 11) is 2.32. The Hall–Kier alpha value is -0.0400. The van der Waals surface area contributed by atoms with E-state index in [0.717, 1.165) is 12.0 Å². The molecule has 0 N–H and O–H groups in total. The fourth-order valence-electron chi connectivity index (χ4n) is 3.93. The first-order chi connectivity index (χ1) is 6.13. The summed E-state index contributed by atoms with van der Waals surface area (Å²) >= 11 is 0. The zero-order chi connectivity index (χ0) is 9.47. The normalized spacial score (nSPS) is 47.3. The van der Waals surface area contributed by atoms with E-state index in [9.17, 15) is 0 Å². The van der Waals surface area contributed by atoms with E-state index in [-0.39, 0.29) is 0 Å². The van der Waals surface area contributed by atoms with Crippen molar-refractivity contribution in [2.24, 2.45) is 11.3 Å². The first-order valence-corrected chi connectivity index (χ1v) is 5.84. The lowest BCUT2D eigenvalue weighted by Gasteiger charge is -2.53. The van der Waals surface area contributed by atoms with Crippen LogP contribution in [0.5, 0.6) is 0 Å². The van der Waals surface area contributed by atoms with Gasteiger partial charge in [-0.15, -0.1) is 0 Å². The molecule has 1 heterocycles. The molecule has 0 unspecified atom stereocenters. The third-order valence-electron chi connectivity index (χ3n) is 4.39. The van der Waals surface area contributed by atoms with Gasteiger partial charge in [-0.25, -0.2) is 0 Å². The Morgan fingerprint density at radius 3 is 2.62 bits per heavy atom. The molecular formula is C12H23N. The van der Waals surface area contributed by atoms with Crippen molar-refractivity contribution in [1.82, 2.24) is 4.90 Å². The van der Waals surface area contributed by atoms with Gasteiger partial charge in [0, 0.05) is 6.04 Å². The van der Waals surface area contributed by atoms with Crippen LogP contribution in [-0.2, 0) is 0 Å². The molecule has 1 saturated heterocycles. The van der Waals surface area contributed by atoms with Crippen LogP contribution in [0.3, 0.4) is 0 Å². The van der Waals surface area contributed by atoms with Gasteiger partial charge >= 0.3 is 0 Å². The fourth-order valence-corrected chi connectivity index (χ4v) is 3.93. The van der Waals surface area contributed by atoms with E-state index < -0.39 is 0 Å². The molecule has 1 saturated carbocycles. The third kappa shape index (κ3) is 1.52. The van der Waals surface area contributed by atoms with Gasteiger partial charge < -0.3 is 4.90 Å². The molecule has 3 atom stereocenters. The number of likely N-dealkylation sites (tertiary alicyclic amines) is 1. The standard InChI is InChI=1S/C12H23N/c1-10-6-4-7-12(2)8-5-9-13(3)11(10)12/h10-11H,4-9H2,1-3H3/t10-,11-,12-/m1/s1. The van der Waals surface area contributed by atoms with Crippen LogP contribution in [-0.4, -0.2) is 24.5 Å². The average molecular weight is 181 g/mol. The topological polar surface area (TPSA) is 3.24 Å². The number of rotatable bonds is 0. The molecule has 0 aromatic heterocycles. The molecule has 2 rings (SSSR count). The SMILES string of the molecule is C[C@@H]1CCC[C@]2(C)CCCN(C)[C@H]12. The van der Waals surface area contributed by atoms with Crippen LogP contribution in [0.4, 0.5) is 0 Å². The van der Waals surface area contributed by atoms with Crippen molar-refractivity contribution in [2.45, 2.75) is 52.0 Å². The smallest absolute Gasteiger partial charge is 0.0172 e. The van der Waals surface area contributed by atoms with Crippen LogP contribution >= 0.6 is 0 Å². The average Bonchev–Trinajstić information content (AvgIpc) is 2.02. The molecule has 2 fully saturated rings. The highest BCUT2D eigenvalue weighted by Crippen LogP contribution is 2.47. The van der Waals surface area contributed by atoms with Crippen LogP contribution in [0.25, 0.3) is 0 Å². The summed E-state index contributed by atoms with van der Waals surface area (Å²) in [5.41, 5.74) is 0.644. The minimum atomic E-state index is 0.644. The maximum atomic E-state index is 2.62. The van der Waals surface area contributed by atoms with E-state index in [1.807, 2.05) is 0 Å². The Morgan fingerprint density at radius 1 is 1.23 bits per heavy atom. The van der Waals surface area contributed by atoms with E-state index >= 15 is 0 Å². The Labute approximate surface area is 82.5 Å². The highest BCUT2D eigenvalue weighted by molar-refractivity contribution is 4.97.